The zero-order valence-corrected chi connectivity index (χ0v) is 30.4. The number of fused-ring (bicyclic) bond motifs is 2. The van der Waals surface area contributed by atoms with Crippen LogP contribution >= 0.6 is 0 Å². The number of nitrogens with zero attached hydrogens (tertiary/aromatic N) is 7. The monoisotopic (exact) mass is 727 g/mol. The second kappa shape index (κ2) is 14.6. The van der Waals surface area contributed by atoms with Gasteiger partial charge in [-0.15, -0.1) is 0 Å². The van der Waals surface area contributed by atoms with Crippen LogP contribution in [0.4, 0.5) is 20.3 Å². The van der Waals surface area contributed by atoms with Crippen molar-refractivity contribution in [1.82, 2.24) is 29.4 Å². The molecule has 1 N–H and O–H groups in total. The van der Waals surface area contributed by atoms with Crippen LogP contribution in [0, 0.1) is 0 Å². The van der Waals surface area contributed by atoms with Crippen LogP contribution in [0.3, 0.4) is 0 Å². The summed E-state index contributed by atoms with van der Waals surface area (Å²) in [6, 6.07) is 10.9. The Kier molecular flexibility index (Phi) is 9.69. The number of benzene rings is 2. The van der Waals surface area contributed by atoms with E-state index in [2.05, 4.69) is 19.6 Å². The molecule has 4 aliphatic rings. The molecule has 11 nitrogen and oxygen atoms in total. The number of hydrogen-bond acceptors (Lipinski definition) is 7. The van der Waals surface area contributed by atoms with Crippen LogP contribution in [0.5, 0.6) is 5.75 Å². The summed E-state index contributed by atoms with van der Waals surface area (Å²) in [4.78, 5) is 30.4. The van der Waals surface area contributed by atoms with Crippen molar-refractivity contribution in [3.8, 4) is 16.9 Å². The molecule has 280 valence electrons. The lowest BCUT2D eigenvalue weighted by molar-refractivity contribution is -0.129. The van der Waals surface area contributed by atoms with Crippen LogP contribution in [0.15, 0.2) is 48.8 Å². The number of carboxylic acid groups (broad SMARTS) is 1. The fourth-order valence-corrected chi connectivity index (χ4v) is 8.97. The van der Waals surface area contributed by atoms with E-state index < -0.39 is 12.4 Å². The zero-order chi connectivity index (χ0) is 36.8. The highest BCUT2D eigenvalue weighted by Crippen LogP contribution is 2.44. The van der Waals surface area contributed by atoms with Crippen molar-refractivity contribution in [2.24, 2.45) is 7.05 Å². The topological polar surface area (TPSA) is 109 Å². The number of carboxylic acids is 1. The number of alkyl halides is 2. The van der Waals surface area contributed by atoms with Gasteiger partial charge in [-0.3, -0.25) is 14.2 Å². The molecule has 0 spiro atoms. The van der Waals surface area contributed by atoms with Crippen LogP contribution in [-0.4, -0.2) is 84.7 Å². The Morgan fingerprint density at radius 3 is 2.34 bits per heavy atom. The van der Waals surface area contributed by atoms with Gasteiger partial charge in [-0.25, -0.2) is 13.6 Å². The van der Waals surface area contributed by atoms with Gasteiger partial charge in [0.1, 0.15) is 11.9 Å². The van der Waals surface area contributed by atoms with Gasteiger partial charge in [0, 0.05) is 86.9 Å². The number of piperidine rings is 1. The molecular weight excluding hydrogens is 680 g/mol. The van der Waals surface area contributed by atoms with Crippen molar-refractivity contribution >= 4 is 23.4 Å². The predicted molar refractivity (Wildman–Crippen MR) is 196 cm³/mol. The fourth-order valence-electron chi connectivity index (χ4n) is 8.97. The Labute approximate surface area is 308 Å². The van der Waals surface area contributed by atoms with Gasteiger partial charge in [0.25, 0.3) is 6.43 Å². The average molecular weight is 728 g/mol. The van der Waals surface area contributed by atoms with Gasteiger partial charge in [-0.05, 0) is 98.9 Å². The number of anilines is 2. The first-order valence-electron chi connectivity index (χ1n) is 18.9. The number of aromatic nitrogens is 4. The summed E-state index contributed by atoms with van der Waals surface area (Å²) in [6.07, 6.45) is 9.26. The van der Waals surface area contributed by atoms with Crippen molar-refractivity contribution in [3.05, 3.63) is 76.7 Å². The Balaban J connectivity index is 0.996. The highest BCUT2D eigenvalue weighted by Gasteiger charge is 2.36. The van der Waals surface area contributed by atoms with E-state index in [1.54, 1.807) is 61.4 Å². The van der Waals surface area contributed by atoms with Crippen LogP contribution in [0.1, 0.15) is 97.1 Å². The molecule has 1 aliphatic carbocycles. The van der Waals surface area contributed by atoms with E-state index in [-0.39, 0.29) is 29.2 Å². The van der Waals surface area contributed by atoms with Crippen LogP contribution in [0.25, 0.3) is 11.1 Å². The van der Waals surface area contributed by atoms with Crippen LogP contribution < -0.4 is 9.64 Å². The van der Waals surface area contributed by atoms with E-state index in [1.807, 2.05) is 11.0 Å². The predicted octanol–water partition coefficient (Wildman–Crippen LogP) is 6.94. The molecule has 0 radical (unpaired) electrons. The average Bonchev–Trinajstić information content (AvgIpc) is 3.78. The molecule has 3 aliphatic heterocycles. The molecule has 1 saturated heterocycles. The Morgan fingerprint density at radius 2 is 1.68 bits per heavy atom. The minimum Gasteiger partial charge on any atom is -0.490 e. The van der Waals surface area contributed by atoms with Gasteiger partial charge in [-0.2, -0.15) is 10.2 Å². The fraction of sp³-hybridized carbons (Fsp3) is 0.500. The van der Waals surface area contributed by atoms with E-state index in [0.717, 1.165) is 93.5 Å². The Hall–Kier alpha value is -4.78. The van der Waals surface area contributed by atoms with Crippen molar-refractivity contribution in [1.29, 1.82) is 0 Å². The molecule has 2 aromatic carbocycles. The number of carbonyl (C=O) groups excluding carboxylic acids is 1. The minimum atomic E-state index is -2.65. The van der Waals surface area contributed by atoms with E-state index in [1.165, 1.54) is 5.69 Å². The summed E-state index contributed by atoms with van der Waals surface area (Å²) in [5.41, 5.74) is 5.45. The summed E-state index contributed by atoms with van der Waals surface area (Å²) in [5, 5.41) is 18.7. The van der Waals surface area contributed by atoms with E-state index in [0.29, 0.717) is 42.6 Å². The number of likely N-dealkylation sites (tertiary alicyclic amines) is 1. The zero-order valence-electron chi connectivity index (χ0n) is 30.4. The minimum absolute atomic E-state index is 0.00868. The maximum Gasteiger partial charge on any atom is 0.335 e. The van der Waals surface area contributed by atoms with Gasteiger partial charge in [0.2, 0.25) is 5.91 Å². The molecule has 2 fully saturated rings. The number of aryl methyl sites for hydroxylation is 2. The number of aromatic carboxylic acids is 1. The molecule has 1 saturated carbocycles. The van der Waals surface area contributed by atoms with Gasteiger partial charge in [-0.1, -0.05) is 0 Å². The summed E-state index contributed by atoms with van der Waals surface area (Å²) in [6.45, 7) is 5.32. The maximum absolute atomic E-state index is 14.7. The van der Waals surface area contributed by atoms with E-state index in [4.69, 9.17) is 9.84 Å². The maximum atomic E-state index is 14.7. The second-order valence-electron chi connectivity index (χ2n) is 15.1. The molecule has 2 aromatic heterocycles. The van der Waals surface area contributed by atoms with E-state index >= 15 is 0 Å². The van der Waals surface area contributed by atoms with Gasteiger partial charge < -0.3 is 24.5 Å². The highest BCUT2D eigenvalue weighted by atomic mass is 19.3. The lowest BCUT2D eigenvalue weighted by Crippen LogP contribution is -2.45. The smallest absolute Gasteiger partial charge is 0.335 e. The Bertz CT molecular complexity index is 1980. The molecular formula is C40H47F2N7O4. The molecule has 5 heterocycles. The lowest BCUT2D eigenvalue weighted by atomic mass is 9.88. The first-order chi connectivity index (χ1) is 25.6. The molecule has 0 atom stereocenters. The molecule has 13 heteroatoms. The van der Waals surface area contributed by atoms with Gasteiger partial charge in [0.15, 0.2) is 5.82 Å². The molecule has 53 heavy (non-hydrogen) atoms. The third kappa shape index (κ3) is 7.03. The largest absolute Gasteiger partial charge is 0.490 e. The van der Waals surface area contributed by atoms with Crippen LogP contribution in [0.2, 0.25) is 0 Å². The molecule has 8 rings (SSSR count). The molecule has 0 unspecified atom stereocenters. The van der Waals surface area contributed by atoms with Crippen molar-refractivity contribution in [2.45, 2.75) is 95.9 Å². The van der Waals surface area contributed by atoms with Crippen molar-refractivity contribution < 1.29 is 28.2 Å². The van der Waals surface area contributed by atoms with Crippen molar-refractivity contribution in [3.63, 3.8) is 0 Å². The third-order valence-corrected chi connectivity index (χ3v) is 11.8. The molecule has 0 bridgehead atoms. The van der Waals surface area contributed by atoms with E-state index in [9.17, 15) is 23.5 Å². The quantitative estimate of drug-likeness (QED) is 0.208. The number of hydrogen-bond donors (Lipinski definition) is 1. The summed E-state index contributed by atoms with van der Waals surface area (Å²) in [7, 11) is 1.79. The van der Waals surface area contributed by atoms with Crippen LogP contribution in [-0.2, 0) is 31.2 Å². The molecule has 4 aromatic rings. The lowest BCUT2D eigenvalue weighted by Gasteiger charge is -2.41. The molecule has 1 amide bonds. The van der Waals surface area contributed by atoms with Gasteiger partial charge >= 0.3 is 5.97 Å². The number of halogens is 2. The summed E-state index contributed by atoms with van der Waals surface area (Å²) < 4.78 is 39.4. The normalized spacial score (nSPS) is 21.1. The summed E-state index contributed by atoms with van der Waals surface area (Å²) >= 11 is 0. The number of amides is 1. The Morgan fingerprint density at radius 1 is 0.943 bits per heavy atom. The SMILES string of the molecule is CC(=O)N1CCc2c(c(N3CCCc4cc(-c5cnn(C)c5)c(C(F)F)cc43)nn2C2CCC(N3CCC(Oc4ccc(C(=O)O)cc4)CC3)CC2)C1. The van der Waals surface area contributed by atoms with Crippen molar-refractivity contribution in [2.75, 3.05) is 31.1 Å². The third-order valence-electron chi connectivity index (χ3n) is 11.8. The first-order valence-corrected chi connectivity index (χ1v) is 18.9. The first kappa shape index (κ1) is 35.3. The standard InChI is InChI=1S/C40H47F2N7O4/c1-25(50)47-19-15-36-35(24-47)39(48-16-3-4-27-20-33(28-22-43-45(2)23-28)34(38(41)42)21-37(27)48)44-49(36)30-9-7-29(8-10-30)46-17-13-32(14-18-46)53-31-11-5-26(6-12-31)40(51)52/h5-6,11-12,20-23,29-30,32,38H,3-4,7-10,13-19,24H2,1-2H3,(H,51,52). The number of ether oxygens (including phenoxy) is 1. The number of carbonyl (C=O) groups is 2. The second-order valence-corrected chi connectivity index (χ2v) is 15.1. The highest BCUT2D eigenvalue weighted by molar-refractivity contribution is 5.87. The summed E-state index contributed by atoms with van der Waals surface area (Å²) in [5.74, 6) is 0.587. The van der Waals surface area contributed by atoms with Gasteiger partial charge in [0.05, 0.1) is 24.3 Å². The number of rotatable bonds is 8.